The summed E-state index contributed by atoms with van der Waals surface area (Å²) in [5.41, 5.74) is 1.02. The summed E-state index contributed by atoms with van der Waals surface area (Å²) in [6.07, 6.45) is 5.16. The van der Waals surface area contributed by atoms with E-state index in [1.807, 2.05) is 4.90 Å². The summed E-state index contributed by atoms with van der Waals surface area (Å²) in [5, 5.41) is 15.3. The molecule has 2 fully saturated rings. The summed E-state index contributed by atoms with van der Waals surface area (Å²) in [7, 11) is 0. The van der Waals surface area contributed by atoms with Gasteiger partial charge in [0.25, 0.3) is 0 Å². The van der Waals surface area contributed by atoms with Crippen molar-refractivity contribution in [3.63, 3.8) is 0 Å². The van der Waals surface area contributed by atoms with Gasteiger partial charge in [-0.1, -0.05) is 12.8 Å². The van der Waals surface area contributed by atoms with Crippen LogP contribution in [0.1, 0.15) is 38.5 Å². The smallest absolute Gasteiger partial charge is 0.319 e. The van der Waals surface area contributed by atoms with Crippen LogP contribution >= 0.6 is 0 Å². The molecule has 2 unspecified atom stereocenters. The third-order valence-corrected chi connectivity index (χ3v) is 4.70. The molecule has 3 rings (SSSR count). The van der Waals surface area contributed by atoms with E-state index in [-0.39, 0.29) is 11.9 Å². The molecule has 6 heteroatoms. The number of nitrogens with zero attached hydrogens (tertiary/aromatic N) is 1. The molecule has 126 valence electrons. The van der Waals surface area contributed by atoms with Crippen LogP contribution in [0.3, 0.4) is 0 Å². The maximum absolute atomic E-state index is 14.2. The van der Waals surface area contributed by atoms with Crippen LogP contribution in [0.25, 0.3) is 0 Å². The van der Waals surface area contributed by atoms with E-state index >= 15 is 0 Å². The maximum Gasteiger partial charge on any atom is 0.319 e. The lowest BCUT2D eigenvalue weighted by Gasteiger charge is -2.28. The summed E-state index contributed by atoms with van der Waals surface area (Å²) < 4.78 is 14.2. The number of aliphatic hydroxyl groups is 1. The van der Waals surface area contributed by atoms with E-state index in [2.05, 4.69) is 10.6 Å². The minimum absolute atomic E-state index is 0.225. The molecule has 2 amide bonds. The van der Waals surface area contributed by atoms with E-state index in [1.54, 1.807) is 12.1 Å². The van der Waals surface area contributed by atoms with Crippen molar-refractivity contribution >= 4 is 17.4 Å². The molecule has 1 saturated heterocycles. The maximum atomic E-state index is 14.2. The Labute approximate surface area is 135 Å². The monoisotopic (exact) mass is 321 g/mol. The molecule has 0 aromatic heterocycles. The number of halogens is 1. The van der Waals surface area contributed by atoms with Gasteiger partial charge in [0, 0.05) is 18.8 Å². The molecule has 1 saturated carbocycles. The van der Waals surface area contributed by atoms with Crippen molar-refractivity contribution in [2.75, 3.05) is 23.3 Å². The standard InChI is InChI=1S/C17H24FN3O2/c18-13-11-12(7-8-15(13)21-9-3-4-10-21)19-17(23)20-14-5-1-2-6-16(14)22/h7-8,11,14,16,22H,1-6,9-10H2,(H2,19,20,23). The molecule has 0 spiro atoms. The van der Waals surface area contributed by atoms with Crippen LogP contribution in [0.15, 0.2) is 18.2 Å². The number of anilines is 2. The third kappa shape index (κ3) is 3.93. The largest absolute Gasteiger partial charge is 0.391 e. The number of aliphatic hydroxyl groups excluding tert-OH is 1. The molecule has 1 heterocycles. The SMILES string of the molecule is O=C(Nc1ccc(N2CCCC2)c(F)c1)NC1CCCCC1O. The highest BCUT2D eigenvalue weighted by atomic mass is 19.1. The number of hydrogen-bond donors (Lipinski definition) is 3. The van der Waals surface area contributed by atoms with Crippen LogP contribution in [-0.2, 0) is 0 Å². The Kier molecular flexibility index (Phi) is 5.00. The van der Waals surface area contributed by atoms with Gasteiger partial charge in [-0.15, -0.1) is 0 Å². The summed E-state index contributed by atoms with van der Waals surface area (Å²) in [5.74, 6) is -0.317. The first-order valence-corrected chi connectivity index (χ1v) is 8.43. The number of rotatable bonds is 3. The predicted octanol–water partition coefficient (Wildman–Crippen LogP) is 2.85. The molecule has 0 radical (unpaired) electrons. The first-order valence-electron chi connectivity index (χ1n) is 8.43. The molecule has 2 aliphatic rings. The van der Waals surface area contributed by atoms with Crippen LogP contribution < -0.4 is 15.5 Å². The molecule has 1 aromatic carbocycles. The molecule has 23 heavy (non-hydrogen) atoms. The van der Waals surface area contributed by atoms with Crippen molar-refractivity contribution in [1.29, 1.82) is 0 Å². The van der Waals surface area contributed by atoms with Crippen molar-refractivity contribution in [3.8, 4) is 0 Å². The van der Waals surface area contributed by atoms with Gasteiger partial charge in [-0.3, -0.25) is 0 Å². The van der Waals surface area contributed by atoms with Gasteiger partial charge in [-0.25, -0.2) is 9.18 Å². The van der Waals surface area contributed by atoms with Gasteiger partial charge < -0.3 is 20.6 Å². The van der Waals surface area contributed by atoms with Crippen LogP contribution in [0.4, 0.5) is 20.6 Å². The van der Waals surface area contributed by atoms with Gasteiger partial charge in [-0.2, -0.15) is 0 Å². The van der Waals surface area contributed by atoms with E-state index in [0.29, 0.717) is 17.8 Å². The Hall–Kier alpha value is -1.82. The Morgan fingerprint density at radius 2 is 1.91 bits per heavy atom. The zero-order valence-electron chi connectivity index (χ0n) is 13.2. The second-order valence-corrected chi connectivity index (χ2v) is 6.42. The normalized spacial score (nSPS) is 24.5. The van der Waals surface area contributed by atoms with Crippen molar-refractivity contribution in [2.45, 2.75) is 50.7 Å². The Balaban J connectivity index is 1.58. The number of carbonyl (C=O) groups excluding carboxylic acids is 1. The summed E-state index contributed by atoms with van der Waals surface area (Å²) in [6, 6.07) is 4.16. The highest BCUT2D eigenvalue weighted by Crippen LogP contribution is 2.26. The number of benzene rings is 1. The molecule has 2 atom stereocenters. The summed E-state index contributed by atoms with van der Waals surface area (Å²) >= 11 is 0. The highest BCUT2D eigenvalue weighted by molar-refractivity contribution is 5.89. The van der Waals surface area contributed by atoms with Gasteiger partial charge in [0.15, 0.2) is 0 Å². The number of urea groups is 1. The fourth-order valence-electron chi connectivity index (χ4n) is 3.41. The quantitative estimate of drug-likeness (QED) is 0.802. The highest BCUT2D eigenvalue weighted by Gasteiger charge is 2.24. The van der Waals surface area contributed by atoms with Gasteiger partial charge in [0.1, 0.15) is 5.82 Å². The Morgan fingerprint density at radius 1 is 1.17 bits per heavy atom. The Bertz CT molecular complexity index is 561. The van der Waals surface area contributed by atoms with Gasteiger partial charge in [-0.05, 0) is 43.9 Å². The van der Waals surface area contributed by atoms with Gasteiger partial charge in [0.2, 0.25) is 0 Å². The zero-order valence-corrected chi connectivity index (χ0v) is 13.2. The second kappa shape index (κ2) is 7.17. The first kappa shape index (κ1) is 16.1. The molecular weight excluding hydrogens is 297 g/mol. The first-order chi connectivity index (χ1) is 11.1. The fourth-order valence-corrected chi connectivity index (χ4v) is 3.41. The molecule has 3 N–H and O–H groups in total. The number of hydrogen-bond acceptors (Lipinski definition) is 3. The zero-order chi connectivity index (χ0) is 16.2. The number of amides is 2. The molecule has 1 aromatic rings. The van der Waals surface area contributed by atoms with Crippen LogP contribution in [0.5, 0.6) is 0 Å². The molecular formula is C17H24FN3O2. The van der Waals surface area contributed by atoms with Crippen molar-refractivity contribution < 1.29 is 14.3 Å². The molecule has 1 aliphatic heterocycles. The Morgan fingerprint density at radius 3 is 2.61 bits per heavy atom. The molecule has 1 aliphatic carbocycles. The number of carbonyl (C=O) groups is 1. The van der Waals surface area contributed by atoms with Crippen LogP contribution in [0.2, 0.25) is 0 Å². The lowest BCUT2D eigenvalue weighted by Crippen LogP contribution is -2.46. The molecule has 5 nitrogen and oxygen atoms in total. The van der Waals surface area contributed by atoms with Gasteiger partial charge in [0.05, 0.1) is 17.8 Å². The van der Waals surface area contributed by atoms with E-state index in [1.165, 1.54) is 6.07 Å². The predicted molar refractivity (Wildman–Crippen MR) is 88.3 cm³/mol. The van der Waals surface area contributed by atoms with Crippen molar-refractivity contribution in [1.82, 2.24) is 5.32 Å². The summed E-state index contributed by atoms with van der Waals surface area (Å²) in [4.78, 5) is 14.0. The lowest BCUT2D eigenvalue weighted by atomic mass is 9.93. The summed E-state index contributed by atoms with van der Waals surface area (Å²) in [6.45, 7) is 1.76. The second-order valence-electron chi connectivity index (χ2n) is 6.42. The average Bonchev–Trinajstić information content (AvgIpc) is 3.04. The molecule has 0 bridgehead atoms. The lowest BCUT2D eigenvalue weighted by molar-refractivity contribution is 0.0955. The van der Waals surface area contributed by atoms with E-state index < -0.39 is 12.1 Å². The third-order valence-electron chi connectivity index (χ3n) is 4.70. The fraction of sp³-hybridized carbons (Fsp3) is 0.588. The van der Waals surface area contributed by atoms with E-state index in [0.717, 1.165) is 45.2 Å². The average molecular weight is 321 g/mol. The van der Waals surface area contributed by atoms with Crippen LogP contribution in [-0.4, -0.2) is 36.4 Å². The van der Waals surface area contributed by atoms with Crippen LogP contribution in [0, 0.1) is 5.82 Å². The van der Waals surface area contributed by atoms with Crippen molar-refractivity contribution in [2.24, 2.45) is 0 Å². The van der Waals surface area contributed by atoms with E-state index in [4.69, 9.17) is 0 Å². The minimum Gasteiger partial charge on any atom is -0.391 e. The topological polar surface area (TPSA) is 64.6 Å². The minimum atomic E-state index is -0.497. The van der Waals surface area contributed by atoms with Crippen molar-refractivity contribution in [3.05, 3.63) is 24.0 Å². The number of nitrogens with one attached hydrogen (secondary N) is 2. The van der Waals surface area contributed by atoms with Gasteiger partial charge >= 0.3 is 6.03 Å². The van der Waals surface area contributed by atoms with E-state index in [9.17, 15) is 14.3 Å².